The van der Waals surface area contributed by atoms with Crippen LogP contribution in [-0.2, 0) is 4.79 Å². The third-order valence-electron chi connectivity index (χ3n) is 3.56. The molecule has 2 N–H and O–H groups in total. The fraction of sp³-hybridized carbons (Fsp3) is 0.533. The molecule has 0 saturated carbocycles. The molecule has 1 atom stereocenters. The molecule has 0 bridgehead atoms. The standard InChI is InChI=1S/C15H20Cl2N2OS/c1-10(11-2-3-13(16)14(17)8-11)19-15(20)9-21-12-4-6-18-7-5-12/h2-3,8,10,12,18H,4-7,9H2,1H3,(H,19,20). The monoisotopic (exact) mass is 346 g/mol. The van der Waals surface area contributed by atoms with Gasteiger partial charge in [0.2, 0.25) is 5.91 Å². The molecule has 1 fully saturated rings. The number of carbonyl (C=O) groups excluding carboxylic acids is 1. The van der Waals surface area contributed by atoms with Crippen LogP contribution in [0.15, 0.2) is 18.2 Å². The molecule has 3 nitrogen and oxygen atoms in total. The van der Waals surface area contributed by atoms with Crippen LogP contribution in [0.3, 0.4) is 0 Å². The van der Waals surface area contributed by atoms with Gasteiger partial charge in [-0.15, -0.1) is 11.8 Å². The van der Waals surface area contributed by atoms with E-state index in [1.807, 2.05) is 13.0 Å². The van der Waals surface area contributed by atoms with Gasteiger partial charge < -0.3 is 10.6 Å². The molecule has 1 amide bonds. The average molecular weight is 347 g/mol. The zero-order valence-corrected chi connectivity index (χ0v) is 14.3. The summed E-state index contributed by atoms with van der Waals surface area (Å²) in [5.41, 5.74) is 0.963. The van der Waals surface area contributed by atoms with Crippen LogP contribution in [0, 0.1) is 0 Å². The molecule has 1 aromatic rings. The van der Waals surface area contributed by atoms with Gasteiger partial charge >= 0.3 is 0 Å². The summed E-state index contributed by atoms with van der Waals surface area (Å²) in [6.07, 6.45) is 2.28. The SMILES string of the molecule is CC(NC(=O)CSC1CCNCC1)c1ccc(Cl)c(Cl)c1. The van der Waals surface area contributed by atoms with Crippen molar-refractivity contribution in [2.45, 2.75) is 31.1 Å². The lowest BCUT2D eigenvalue weighted by Crippen LogP contribution is -2.32. The van der Waals surface area contributed by atoms with Crippen molar-refractivity contribution in [2.24, 2.45) is 0 Å². The van der Waals surface area contributed by atoms with Crippen molar-refractivity contribution in [3.8, 4) is 0 Å². The van der Waals surface area contributed by atoms with E-state index in [2.05, 4.69) is 10.6 Å². The summed E-state index contributed by atoms with van der Waals surface area (Å²) in [5.74, 6) is 0.577. The first-order chi connectivity index (χ1) is 10.1. The van der Waals surface area contributed by atoms with Gasteiger partial charge in [0.1, 0.15) is 0 Å². The molecule has 1 unspecified atom stereocenters. The number of rotatable bonds is 5. The van der Waals surface area contributed by atoms with Crippen molar-refractivity contribution in [3.63, 3.8) is 0 Å². The smallest absolute Gasteiger partial charge is 0.230 e. The minimum absolute atomic E-state index is 0.0668. The molecule has 1 heterocycles. The van der Waals surface area contributed by atoms with Gasteiger partial charge in [-0.2, -0.15) is 0 Å². The highest BCUT2D eigenvalue weighted by molar-refractivity contribution is 8.00. The first-order valence-corrected chi connectivity index (χ1v) is 8.93. The fourth-order valence-corrected chi connectivity index (χ4v) is 3.65. The first kappa shape index (κ1) is 16.9. The van der Waals surface area contributed by atoms with Crippen molar-refractivity contribution in [1.82, 2.24) is 10.6 Å². The Bertz CT molecular complexity index is 493. The number of nitrogens with one attached hydrogen (secondary N) is 2. The van der Waals surface area contributed by atoms with Gasteiger partial charge in [0, 0.05) is 5.25 Å². The molecule has 0 spiro atoms. The van der Waals surface area contributed by atoms with Crippen LogP contribution in [0.25, 0.3) is 0 Å². The lowest BCUT2D eigenvalue weighted by Gasteiger charge is -2.22. The maximum absolute atomic E-state index is 12.0. The molecule has 1 aromatic carbocycles. The molecule has 1 aliphatic heterocycles. The van der Waals surface area contributed by atoms with Gasteiger partial charge in [0.05, 0.1) is 21.8 Å². The van der Waals surface area contributed by atoms with E-state index < -0.39 is 0 Å². The molecular weight excluding hydrogens is 327 g/mol. The third kappa shape index (κ3) is 5.37. The van der Waals surface area contributed by atoms with Crippen molar-refractivity contribution in [1.29, 1.82) is 0 Å². The fourth-order valence-electron chi connectivity index (χ4n) is 2.30. The van der Waals surface area contributed by atoms with Crippen molar-refractivity contribution < 1.29 is 4.79 Å². The van der Waals surface area contributed by atoms with E-state index in [9.17, 15) is 4.79 Å². The number of hydrogen-bond donors (Lipinski definition) is 2. The zero-order valence-electron chi connectivity index (χ0n) is 12.0. The topological polar surface area (TPSA) is 41.1 Å². The first-order valence-electron chi connectivity index (χ1n) is 7.13. The molecule has 0 aliphatic carbocycles. The van der Waals surface area contributed by atoms with Gasteiger partial charge in [-0.3, -0.25) is 4.79 Å². The molecule has 1 aliphatic rings. The van der Waals surface area contributed by atoms with Gasteiger partial charge in [-0.1, -0.05) is 29.3 Å². The Morgan fingerprint density at radius 2 is 2.10 bits per heavy atom. The highest BCUT2D eigenvalue weighted by Gasteiger charge is 2.16. The summed E-state index contributed by atoms with van der Waals surface area (Å²) in [6, 6.07) is 5.38. The number of hydrogen-bond acceptors (Lipinski definition) is 3. The molecule has 1 saturated heterocycles. The van der Waals surface area contributed by atoms with Crippen LogP contribution in [0.5, 0.6) is 0 Å². The largest absolute Gasteiger partial charge is 0.349 e. The Morgan fingerprint density at radius 3 is 2.76 bits per heavy atom. The maximum Gasteiger partial charge on any atom is 0.230 e. The Morgan fingerprint density at radius 1 is 1.38 bits per heavy atom. The summed E-state index contributed by atoms with van der Waals surface area (Å²) in [7, 11) is 0. The number of halogens is 2. The highest BCUT2D eigenvalue weighted by Crippen LogP contribution is 2.26. The van der Waals surface area contributed by atoms with E-state index in [-0.39, 0.29) is 11.9 Å². The van der Waals surface area contributed by atoms with Gasteiger partial charge in [0.15, 0.2) is 0 Å². The van der Waals surface area contributed by atoms with E-state index >= 15 is 0 Å². The number of amides is 1. The van der Waals surface area contributed by atoms with Crippen molar-refractivity contribution >= 4 is 40.9 Å². The maximum atomic E-state index is 12.0. The lowest BCUT2D eigenvalue weighted by atomic mass is 10.1. The van der Waals surface area contributed by atoms with Gasteiger partial charge in [-0.05, 0) is 50.6 Å². The normalized spacial score (nSPS) is 17.5. The molecule has 21 heavy (non-hydrogen) atoms. The Balaban J connectivity index is 1.79. The Kier molecular flexibility index (Phi) is 6.68. The number of carbonyl (C=O) groups is 1. The van der Waals surface area contributed by atoms with Gasteiger partial charge in [0.25, 0.3) is 0 Å². The van der Waals surface area contributed by atoms with E-state index in [4.69, 9.17) is 23.2 Å². The highest BCUT2D eigenvalue weighted by atomic mass is 35.5. The molecule has 2 rings (SSSR count). The average Bonchev–Trinajstić information content (AvgIpc) is 2.49. The van der Waals surface area contributed by atoms with Crippen LogP contribution >= 0.6 is 35.0 Å². The number of thioether (sulfide) groups is 1. The summed E-state index contributed by atoms with van der Waals surface area (Å²) in [5, 5.41) is 7.97. The minimum atomic E-state index is -0.0686. The summed E-state index contributed by atoms with van der Waals surface area (Å²) < 4.78 is 0. The van der Waals surface area contributed by atoms with Crippen molar-refractivity contribution in [3.05, 3.63) is 33.8 Å². The molecule has 116 valence electrons. The summed E-state index contributed by atoms with van der Waals surface area (Å²) >= 11 is 13.7. The predicted octanol–water partition coefficient (Wildman–Crippen LogP) is 3.66. The molecule has 0 aromatic heterocycles. The quantitative estimate of drug-likeness (QED) is 0.854. The molecule has 6 heteroatoms. The van der Waals surface area contributed by atoms with E-state index in [0.717, 1.165) is 31.5 Å². The Hall–Kier alpha value is -0.420. The van der Waals surface area contributed by atoms with E-state index in [1.54, 1.807) is 23.9 Å². The molecule has 0 radical (unpaired) electrons. The van der Waals surface area contributed by atoms with E-state index in [0.29, 0.717) is 21.0 Å². The second-order valence-corrected chi connectivity index (χ2v) is 7.33. The third-order valence-corrected chi connectivity index (χ3v) is 5.67. The number of piperidine rings is 1. The second kappa shape index (κ2) is 8.28. The minimum Gasteiger partial charge on any atom is -0.349 e. The molecular formula is C15H20Cl2N2OS. The van der Waals surface area contributed by atoms with Crippen LogP contribution in [0.4, 0.5) is 0 Å². The lowest BCUT2D eigenvalue weighted by molar-refractivity contribution is -0.119. The number of benzene rings is 1. The van der Waals surface area contributed by atoms with Crippen LogP contribution in [0.1, 0.15) is 31.4 Å². The second-order valence-electron chi connectivity index (χ2n) is 5.22. The summed E-state index contributed by atoms with van der Waals surface area (Å²) in [4.78, 5) is 12.0. The van der Waals surface area contributed by atoms with Gasteiger partial charge in [-0.25, -0.2) is 0 Å². The summed E-state index contributed by atoms with van der Waals surface area (Å²) in [6.45, 7) is 4.06. The predicted molar refractivity (Wildman–Crippen MR) is 91.4 cm³/mol. The van der Waals surface area contributed by atoms with Crippen LogP contribution in [-0.4, -0.2) is 30.0 Å². The van der Waals surface area contributed by atoms with Crippen molar-refractivity contribution in [2.75, 3.05) is 18.8 Å². The van der Waals surface area contributed by atoms with Crippen LogP contribution in [0.2, 0.25) is 10.0 Å². The van der Waals surface area contributed by atoms with Crippen LogP contribution < -0.4 is 10.6 Å². The Labute approximate surface area is 140 Å². The zero-order chi connectivity index (χ0) is 15.2. The van der Waals surface area contributed by atoms with E-state index in [1.165, 1.54) is 0 Å².